The van der Waals surface area contributed by atoms with Crippen molar-refractivity contribution in [1.29, 1.82) is 0 Å². The lowest BCUT2D eigenvalue weighted by Crippen LogP contribution is -2.49. The van der Waals surface area contributed by atoms with Crippen LogP contribution in [0.2, 0.25) is 0 Å². The number of carbonyl (C=O) groups is 1. The van der Waals surface area contributed by atoms with Gasteiger partial charge < -0.3 is 15.2 Å². The lowest BCUT2D eigenvalue weighted by molar-refractivity contribution is -0.143. The highest BCUT2D eigenvalue weighted by Crippen LogP contribution is 2.34. The number of anilines is 1. The van der Waals surface area contributed by atoms with Crippen molar-refractivity contribution in [3.8, 4) is 5.88 Å². The monoisotopic (exact) mass is 265 g/mol. The van der Waals surface area contributed by atoms with Gasteiger partial charge in [0.25, 0.3) is 0 Å². The Morgan fingerprint density at radius 3 is 2.79 bits per heavy atom. The molecule has 0 atom stereocenters. The summed E-state index contributed by atoms with van der Waals surface area (Å²) in [6.45, 7) is 2.15. The molecule has 0 unspecified atom stereocenters. The van der Waals surface area contributed by atoms with Gasteiger partial charge in [-0.25, -0.2) is 9.78 Å². The molecule has 1 fully saturated rings. The van der Waals surface area contributed by atoms with Crippen LogP contribution < -0.4 is 10.1 Å². The van der Waals surface area contributed by atoms with E-state index < -0.39 is 11.5 Å². The Balaban J connectivity index is 2.19. The third-order valence-corrected chi connectivity index (χ3v) is 3.73. The van der Waals surface area contributed by atoms with E-state index in [0.29, 0.717) is 30.6 Å². The van der Waals surface area contributed by atoms with Crippen LogP contribution in [-0.4, -0.2) is 33.7 Å². The molecule has 6 nitrogen and oxygen atoms in total. The molecular weight excluding hydrogens is 246 g/mol. The van der Waals surface area contributed by atoms with Gasteiger partial charge in [0.05, 0.1) is 7.11 Å². The number of nitrogens with one attached hydrogen (secondary N) is 1. The molecule has 1 aromatic heterocycles. The second-order valence-corrected chi connectivity index (χ2v) is 5.12. The van der Waals surface area contributed by atoms with E-state index in [2.05, 4.69) is 22.2 Å². The van der Waals surface area contributed by atoms with Crippen LogP contribution in [0.1, 0.15) is 32.6 Å². The first-order chi connectivity index (χ1) is 9.05. The zero-order chi connectivity index (χ0) is 13.9. The van der Waals surface area contributed by atoms with E-state index in [1.54, 1.807) is 12.3 Å². The molecule has 1 aliphatic carbocycles. The van der Waals surface area contributed by atoms with Gasteiger partial charge in [-0.2, -0.15) is 4.98 Å². The van der Waals surface area contributed by atoms with Crippen LogP contribution in [0.25, 0.3) is 0 Å². The summed E-state index contributed by atoms with van der Waals surface area (Å²) in [6, 6.07) is 1.63. The molecule has 1 aromatic rings. The van der Waals surface area contributed by atoms with Gasteiger partial charge in [-0.1, -0.05) is 6.92 Å². The van der Waals surface area contributed by atoms with Crippen LogP contribution in [0.5, 0.6) is 5.88 Å². The Hall–Kier alpha value is -1.85. The summed E-state index contributed by atoms with van der Waals surface area (Å²) >= 11 is 0. The normalized spacial score (nSPS) is 26.7. The van der Waals surface area contributed by atoms with Crippen LogP contribution in [0.15, 0.2) is 12.3 Å². The molecule has 0 spiro atoms. The molecule has 2 rings (SSSR count). The van der Waals surface area contributed by atoms with Crippen LogP contribution in [0.4, 0.5) is 5.95 Å². The van der Waals surface area contributed by atoms with E-state index >= 15 is 0 Å². The van der Waals surface area contributed by atoms with E-state index in [4.69, 9.17) is 4.74 Å². The lowest BCUT2D eigenvalue weighted by Gasteiger charge is -2.36. The Labute approximate surface area is 112 Å². The maximum absolute atomic E-state index is 11.6. The van der Waals surface area contributed by atoms with Gasteiger partial charge in [0.15, 0.2) is 0 Å². The Morgan fingerprint density at radius 2 is 2.21 bits per heavy atom. The summed E-state index contributed by atoms with van der Waals surface area (Å²) in [5.41, 5.74) is -0.959. The average Bonchev–Trinajstić information content (AvgIpc) is 2.41. The highest BCUT2D eigenvalue weighted by molar-refractivity contribution is 5.82. The fourth-order valence-electron chi connectivity index (χ4n) is 2.38. The molecule has 1 aliphatic rings. The first kappa shape index (κ1) is 13.6. The maximum atomic E-state index is 11.6. The maximum Gasteiger partial charge on any atom is 0.329 e. The van der Waals surface area contributed by atoms with Crippen molar-refractivity contribution in [2.75, 3.05) is 12.4 Å². The number of methoxy groups -OCH3 is 1. The van der Waals surface area contributed by atoms with Crippen molar-refractivity contribution < 1.29 is 14.6 Å². The molecule has 0 saturated heterocycles. The molecule has 104 valence electrons. The van der Waals surface area contributed by atoms with Gasteiger partial charge in [0.1, 0.15) is 5.54 Å². The second kappa shape index (κ2) is 5.42. The topological polar surface area (TPSA) is 84.3 Å². The predicted molar refractivity (Wildman–Crippen MR) is 70.2 cm³/mol. The predicted octanol–water partition coefficient (Wildman–Crippen LogP) is 1.93. The largest absolute Gasteiger partial charge is 0.481 e. The van der Waals surface area contributed by atoms with Crippen LogP contribution >= 0.6 is 0 Å². The number of hydrogen-bond acceptors (Lipinski definition) is 5. The highest BCUT2D eigenvalue weighted by Gasteiger charge is 2.41. The number of ether oxygens (including phenoxy) is 1. The molecule has 0 amide bonds. The molecule has 0 aliphatic heterocycles. The minimum atomic E-state index is -0.959. The minimum Gasteiger partial charge on any atom is -0.481 e. The van der Waals surface area contributed by atoms with Crippen LogP contribution in [0, 0.1) is 5.92 Å². The molecule has 0 radical (unpaired) electrons. The summed E-state index contributed by atoms with van der Waals surface area (Å²) in [7, 11) is 1.52. The fourth-order valence-corrected chi connectivity index (χ4v) is 2.38. The van der Waals surface area contributed by atoms with Crippen molar-refractivity contribution in [1.82, 2.24) is 9.97 Å². The standard InChI is InChI=1S/C13H19N3O3/c1-9-3-6-13(7-4-9,11(17)18)16-12-14-8-5-10(15-12)19-2/h5,8-9H,3-4,6-7H2,1-2H3,(H,17,18)(H,14,15,16). The number of carboxylic acids is 1. The fraction of sp³-hybridized carbons (Fsp3) is 0.615. The molecule has 1 heterocycles. The minimum absolute atomic E-state index is 0.302. The van der Waals surface area contributed by atoms with Crippen LogP contribution in [-0.2, 0) is 4.79 Å². The average molecular weight is 265 g/mol. The number of aliphatic carboxylic acids is 1. The summed E-state index contributed by atoms with van der Waals surface area (Å²) in [4.78, 5) is 19.8. The quantitative estimate of drug-likeness (QED) is 0.865. The zero-order valence-electron chi connectivity index (χ0n) is 11.2. The number of carboxylic acid groups (broad SMARTS) is 1. The smallest absolute Gasteiger partial charge is 0.329 e. The van der Waals surface area contributed by atoms with E-state index in [-0.39, 0.29) is 0 Å². The van der Waals surface area contributed by atoms with Gasteiger partial charge in [0.2, 0.25) is 11.8 Å². The number of aromatic nitrogens is 2. The Morgan fingerprint density at radius 1 is 1.53 bits per heavy atom. The van der Waals surface area contributed by atoms with Crippen molar-refractivity contribution in [3.63, 3.8) is 0 Å². The van der Waals surface area contributed by atoms with Crippen molar-refractivity contribution in [2.45, 2.75) is 38.1 Å². The third kappa shape index (κ3) is 2.94. The van der Waals surface area contributed by atoms with E-state index in [9.17, 15) is 9.90 Å². The lowest BCUT2D eigenvalue weighted by atomic mass is 9.77. The van der Waals surface area contributed by atoms with Crippen molar-refractivity contribution in [3.05, 3.63) is 12.3 Å². The number of rotatable bonds is 4. The molecule has 0 aromatic carbocycles. The Bertz CT molecular complexity index is 456. The number of hydrogen-bond donors (Lipinski definition) is 2. The van der Waals surface area contributed by atoms with E-state index in [1.807, 2.05) is 0 Å². The highest BCUT2D eigenvalue weighted by atomic mass is 16.5. The van der Waals surface area contributed by atoms with E-state index in [1.165, 1.54) is 7.11 Å². The number of nitrogens with zero attached hydrogens (tertiary/aromatic N) is 2. The second-order valence-electron chi connectivity index (χ2n) is 5.12. The third-order valence-electron chi connectivity index (χ3n) is 3.73. The SMILES string of the molecule is COc1ccnc(NC2(C(=O)O)CCC(C)CC2)n1. The molecule has 2 N–H and O–H groups in total. The summed E-state index contributed by atoms with van der Waals surface area (Å²) in [6.07, 6.45) is 4.51. The summed E-state index contributed by atoms with van der Waals surface area (Å²) in [5, 5.41) is 12.5. The first-order valence-corrected chi connectivity index (χ1v) is 6.44. The first-order valence-electron chi connectivity index (χ1n) is 6.44. The van der Waals surface area contributed by atoms with Crippen LogP contribution in [0.3, 0.4) is 0 Å². The van der Waals surface area contributed by atoms with Crippen molar-refractivity contribution >= 4 is 11.9 Å². The van der Waals surface area contributed by atoms with Gasteiger partial charge in [-0.15, -0.1) is 0 Å². The zero-order valence-corrected chi connectivity index (χ0v) is 11.2. The van der Waals surface area contributed by atoms with Gasteiger partial charge in [-0.05, 0) is 31.6 Å². The van der Waals surface area contributed by atoms with Gasteiger partial charge in [-0.3, -0.25) is 0 Å². The molecule has 6 heteroatoms. The van der Waals surface area contributed by atoms with Gasteiger partial charge >= 0.3 is 5.97 Å². The molecule has 1 saturated carbocycles. The summed E-state index contributed by atoms with van der Waals surface area (Å²) in [5.74, 6) is 0.449. The van der Waals surface area contributed by atoms with Gasteiger partial charge in [0, 0.05) is 12.3 Å². The Kier molecular flexibility index (Phi) is 3.87. The molecule has 19 heavy (non-hydrogen) atoms. The summed E-state index contributed by atoms with van der Waals surface area (Å²) < 4.78 is 5.02. The molecule has 0 bridgehead atoms. The van der Waals surface area contributed by atoms with E-state index in [0.717, 1.165) is 12.8 Å². The van der Waals surface area contributed by atoms with Crippen molar-refractivity contribution in [2.24, 2.45) is 5.92 Å². The molecular formula is C13H19N3O3.